The molecule has 0 saturated heterocycles. The molecule has 0 aliphatic heterocycles. The number of halogens is 3. The molecular formula is C93H53F3N8. The van der Waals surface area contributed by atoms with Crippen LogP contribution in [0.2, 0.25) is 0 Å². The summed E-state index contributed by atoms with van der Waals surface area (Å²) in [4.78, 5) is 3.78. The second-order valence-corrected chi connectivity index (χ2v) is 26.9. The predicted octanol–water partition coefficient (Wildman–Crippen LogP) is 25.0. The average Bonchev–Trinajstić information content (AvgIpc) is 1.56. The summed E-state index contributed by atoms with van der Waals surface area (Å²) in [5.41, 5.74) is 19.2. The van der Waals surface area contributed by atoms with Crippen molar-refractivity contribution in [1.82, 2.24) is 27.4 Å². The Kier molecular flexibility index (Phi) is 12.5. The van der Waals surface area contributed by atoms with Crippen LogP contribution in [-0.4, -0.2) is 27.4 Å². The fourth-order valence-corrected chi connectivity index (χ4v) is 17.0. The maximum Gasteiger partial charge on any atom is 0.415 e. The van der Waals surface area contributed by atoms with Crippen LogP contribution < -0.4 is 0 Å². The summed E-state index contributed by atoms with van der Waals surface area (Å²) in [5.74, 6) is 0. The molecule has 6 heterocycles. The Morgan fingerprint density at radius 2 is 0.577 bits per heavy atom. The highest BCUT2D eigenvalue weighted by atomic mass is 19.4. The first-order valence-corrected chi connectivity index (χ1v) is 34.5. The Balaban J connectivity index is 0.864. The van der Waals surface area contributed by atoms with E-state index < -0.39 is 11.7 Å². The Morgan fingerprint density at radius 1 is 0.269 bits per heavy atom. The molecule has 0 spiro atoms. The normalized spacial score (nSPS) is 12.2. The van der Waals surface area contributed by atoms with E-state index in [0.717, 1.165) is 177 Å². The van der Waals surface area contributed by atoms with Crippen LogP contribution in [0.5, 0.6) is 0 Å². The zero-order chi connectivity index (χ0) is 69.2. The molecule has 0 saturated carbocycles. The summed E-state index contributed by atoms with van der Waals surface area (Å²) in [6.45, 7) is 8.43. The van der Waals surface area contributed by atoms with Crippen molar-refractivity contribution in [3.8, 4) is 62.4 Å². The lowest BCUT2D eigenvalue weighted by Crippen LogP contribution is -2.04. The third-order valence-electron chi connectivity index (χ3n) is 21.5. The summed E-state index contributed by atoms with van der Waals surface area (Å²) in [6.07, 6.45) is -4.68. The van der Waals surface area contributed by atoms with Crippen LogP contribution >= 0.6 is 0 Å². The zero-order valence-electron chi connectivity index (χ0n) is 55.3. The fourth-order valence-electron chi connectivity index (χ4n) is 17.0. The first kappa shape index (κ1) is 58.8. The van der Waals surface area contributed by atoms with Crippen LogP contribution in [0.25, 0.3) is 192 Å². The van der Waals surface area contributed by atoms with Gasteiger partial charge in [0.05, 0.1) is 95.8 Å². The highest BCUT2D eigenvalue weighted by molar-refractivity contribution is 6.17. The standard InChI is InChI=1S/C93H53F3N8/c1-98-78-50-58(93(94,95)96)36-42-63(78)57-35-43-87(103-88-44-37-59(99-79-26-10-2-18-64(79)65-19-3-11-27-80(65)99)51-74(88)75-52-60(38-45-89(75)103)100-81-28-12-4-20-66(81)67-21-5-13-29-82(67)100)73(49-57)72-41-34-56(55-97)48-92(72)104-90-46-39-61(101-83-30-14-6-22-68(83)69-23-7-15-31-84(69)101)53-76(90)77-54-62(40-47-91(77)104)102-85-32-16-8-24-70(85)71-25-9-17-33-86(71)102/h2-54H. The SMILES string of the molecule is [C-]#[N+]c1cc(C(F)(F)F)ccc1-c1ccc(-n2c3ccc(-n4c5ccccc5c5ccccc54)cc3c3cc(-n4c5ccccc5c5ccccc54)ccc32)c(-c2ccc(C#N)cc2-n2c3ccc(-n4c5ccccc5c5ccccc54)cc3c3cc(-n4c5ccccc5c5ccccc54)ccc32)c1. The van der Waals surface area contributed by atoms with Gasteiger partial charge in [-0.05, 0) is 163 Å². The van der Waals surface area contributed by atoms with Gasteiger partial charge in [-0.25, -0.2) is 4.85 Å². The molecule has 0 bridgehead atoms. The number of fused-ring (bicyclic) bond motifs is 18. The Bertz CT molecular complexity index is 6840. The van der Waals surface area contributed by atoms with Crippen molar-refractivity contribution in [3.05, 3.63) is 344 Å². The van der Waals surface area contributed by atoms with Crippen molar-refractivity contribution in [2.24, 2.45) is 0 Å². The van der Waals surface area contributed by atoms with E-state index in [4.69, 9.17) is 6.57 Å². The Morgan fingerprint density at radius 3 is 0.894 bits per heavy atom. The number of nitriles is 1. The van der Waals surface area contributed by atoms with Gasteiger partial charge in [0.25, 0.3) is 0 Å². The van der Waals surface area contributed by atoms with E-state index in [1.54, 1.807) is 0 Å². The smallest absolute Gasteiger partial charge is 0.309 e. The lowest BCUT2D eigenvalue weighted by Gasteiger charge is -2.21. The molecule has 0 atom stereocenters. The van der Waals surface area contributed by atoms with Gasteiger partial charge >= 0.3 is 6.18 Å². The Hall–Kier alpha value is -14.1. The van der Waals surface area contributed by atoms with Crippen molar-refractivity contribution in [2.45, 2.75) is 6.18 Å². The number of alkyl halides is 3. The van der Waals surface area contributed by atoms with Crippen LogP contribution in [0.3, 0.4) is 0 Å². The molecule has 0 amide bonds. The topological polar surface area (TPSA) is 57.7 Å². The number of aromatic nitrogens is 6. The minimum absolute atomic E-state index is 0.133. The number of nitrogens with zero attached hydrogens (tertiary/aromatic N) is 8. The molecule has 104 heavy (non-hydrogen) atoms. The number of para-hydroxylation sites is 8. The van der Waals surface area contributed by atoms with Crippen molar-refractivity contribution >= 4 is 137 Å². The summed E-state index contributed by atoms with van der Waals surface area (Å²) in [7, 11) is 0. The number of hydrogen-bond acceptors (Lipinski definition) is 1. The fraction of sp³-hybridized carbons (Fsp3) is 0.0108. The summed E-state index contributed by atoms with van der Waals surface area (Å²) < 4.78 is 57.9. The van der Waals surface area contributed by atoms with Gasteiger partial charge in [-0.3, -0.25) is 0 Å². The molecule has 8 nitrogen and oxygen atoms in total. The lowest BCUT2D eigenvalue weighted by molar-refractivity contribution is -0.137. The van der Waals surface area contributed by atoms with Crippen LogP contribution in [0.4, 0.5) is 18.9 Å². The van der Waals surface area contributed by atoms with Crippen molar-refractivity contribution in [2.75, 3.05) is 0 Å². The van der Waals surface area contributed by atoms with Crippen LogP contribution in [-0.2, 0) is 6.18 Å². The first-order valence-electron chi connectivity index (χ1n) is 34.5. The van der Waals surface area contributed by atoms with Gasteiger partial charge in [-0.15, -0.1) is 0 Å². The van der Waals surface area contributed by atoms with Crippen LogP contribution in [0.15, 0.2) is 322 Å². The maximum absolute atomic E-state index is 14.6. The summed E-state index contributed by atoms with van der Waals surface area (Å²) in [6, 6.07) is 113. The molecule has 0 unspecified atom stereocenters. The summed E-state index contributed by atoms with van der Waals surface area (Å²) in [5, 5.41) is 24.2. The molecule has 21 rings (SSSR count). The minimum atomic E-state index is -4.68. The van der Waals surface area contributed by atoms with E-state index in [1.165, 1.54) is 6.07 Å². The molecule has 0 aliphatic rings. The van der Waals surface area contributed by atoms with E-state index in [1.807, 2.05) is 36.4 Å². The van der Waals surface area contributed by atoms with Gasteiger partial charge < -0.3 is 27.4 Å². The van der Waals surface area contributed by atoms with Crippen LogP contribution in [0, 0.1) is 17.9 Å². The molecular weight excluding hydrogens is 1290 g/mol. The van der Waals surface area contributed by atoms with Gasteiger partial charge in [0.2, 0.25) is 0 Å². The van der Waals surface area contributed by atoms with E-state index in [-0.39, 0.29) is 5.69 Å². The van der Waals surface area contributed by atoms with Crippen LogP contribution in [0.1, 0.15) is 11.1 Å². The van der Waals surface area contributed by atoms with Crippen molar-refractivity contribution in [1.29, 1.82) is 5.26 Å². The molecule has 0 N–H and O–H groups in total. The van der Waals surface area contributed by atoms with Gasteiger partial charge in [-0.1, -0.05) is 170 Å². The lowest BCUT2D eigenvalue weighted by atomic mass is 9.93. The summed E-state index contributed by atoms with van der Waals surface area (Å²) >= 11 is 0. The first-order chi connectivity index (χ1) is 51.1. The molecule has 6 aromatic heterocycles. The van der Waals surface area contributed by atoms with Crippen molar-refractivity contribution in [3.63, 3.8) is 0 Å². The van der Waals surface area contributed by atoms with Gasteiger partial charge in [0.1, 0.15) is 0 Å². The third-order valence-corrected chi connectivity index (χ3v) is 21.5. The van der Waals surface area contributed by atoms with Gasteiger partial charge in [0, 0.05) is 104 Å². The van der Waals surface area contributed by atoms with Gasteiger partial charge in [0.15, 0.2) is 5.69 Å². The largest absolute Gasteiger partial charge is 0.415 e. The predicted molar refractivity (Wildman–Crippen MR) is 419 cm³/mol. The number of rotatable bonds is 8. The van der Waals surface area contributed by atoms with Crippen molar-refractivity contribution < 1.29 is 13.2 Å². The Labute approximate surface area is 591 Å². The van der Waals surface area contributed by atoms with E-state index in [0.29, 0.717) is 27.9 Å². The molecule has 15 aromatic carbocycles. The molecule has 0 radical (unpaired) electrons. The molecule has 0 aliphatic carbocycles. The molecule has 486 valence electrons. The molecule has 11 heteroatoms. The monoisotopic (exact) mass is 1340 g/mol. The second-order valence-electron chi connectivity index (χ2n) is 26.9. The number of hydrogen-bond donors (Lipinski definition) is 0. The molecule has 21 aromatic rings. The molecule has 0 fully saturated rings. The van der Waals surface area contributed by atoms with E-state index in [9.17, 15) is 18.4 Å². The highest BCUT2D eigenvalue weighted by Crippen LogP contribution is 2.48. The average molecular weight is 1340 g/mol. The van der Waals surface area contributed by atoms with Gasteiger partial charge in [-0.2, -0.15) is 18.4 Å². The number of benzene rings is 15. The third kappa shape index (κ3) is 8.53. The second kappa shape index (κ2) is 22.2. The quantitative estimate of drug-likeness (QED) is 0.140. The minimum Gasteiger partial charge on any atom is -0.309 e. The zero-order valence-corrected chi connectivity index (χ0v) is 55.3. The maximum atomic E-state index is 14.6. The highest BCUT2D eigenvalue weighted by Gasteiger charge is 2.32. The van der Waals surface area contributed by atoms with E-state index in [2.05, 4.69) is 305 Å². The van der Waals surface area contributed by atoms with E-state index >= 15 is 0 Å².